The van der Waals surface area contributed by atoms with Crippen molar-refractivity contribution in [2.24, 2.45) is 0 Å². The van der Waals surface area contributed by atoms with Gasteiger partial charge in [0.05, 0.1) is 28.5 Å². The van der Waals surface area contributed by atoms with Gasteiger partial charge in [-0.05, 0) is 69.3 Å². The van der Waals surface area contributed by atoms with Crippen LogP contribution in [-0.4, -0.2) is 55.1 Å². The summed E-state index contributed by atoms with van der Waals surface area (Å²) in [6.07, 6.45) is 0. The molecule has 198 valence electrons. The molecule has 1 saturated heterocycles. The number of hydrogen-bond donors (Lipinski definition) is 2. The van der Waals surface area contributed by atoms with Gasteiger partial charge in [-0.2, -0.15) is 0 Å². The Morgan fingerprint density at radius 3 is 2.31 bits per heavy atom. The maximum atomic E-state index is 13.2. The second-order valence-electron chi connectivity index (χ2n) is 9.06. The van der Waals surface area contributed by atoms with Gasteiger partial charge in [0.2, 0.25) is 0 Å². The first kappa shape index (κ1) is 26.6. The summed E-state index contributed by atoms with van der Waals surface area (Å²) in [5.41, 5.74) is 2.80. The van der Waals surface area contributed by atoms with Crippen LogP contribution >= 0.6 is 28.1 Å². The van der Waals surface area contributed by atoms with E-state index in [2.05, 4.69) is 31.5 Å². The highest BCUT2D eigenvalue weighted by atomic mass is 79.9. The third kappa shape index (κ3) is 5.74. The predicted octanol–water partition coefficient (Wildman–Crippen LogP) is 5.70. The first-order valence-corrected chi connectivity index (χ1v) is 13.7. The fourth-order valence-electron chi connectivity index (χ4n) is 4.75. The first-order chi connectivity index (χ1) is 19.0. The molecule has 5 rings (SSSR count). The van der Waals surface area contributed by atoms with Crippen LogP contribution in [0.2, 0.25) is 0 Å². The zero-order valence-electron chi connectivity index (χ0n) is 21.3. The monoisotopic (exact) mass is 602 g/mol. The van der Waals surface area contributed by atoms with E-state index < -0.39 is 0 Å². The first-order valence-electron chi connectivity index (χ1n) is 12.5. The van der Waals surface area contributed by atoms with Crippen LogP contribution in [-0.2, 0) is 0 Å². The van der Waals surface area contributed by atoms with E-state index in [0.717, 1.165) is 22.1 Å². The van der Waals surface area contributed by atoms with Gasteiger partial charge in [0, 0.05) is 31.7 Å². The van der Waals surface area contributed by atoms with Crippen LogP contribution in [0.1, 0.15) is 20.7 Å². The van der Waals surface area contributed by atoms with Gasteiger partial charge in [0.15, 0.2) is 5.11 Å². The van der Waals surface area contributed by atoms with Gasteiger partial charge in [-0.25, -0.2) is 0 Å². The second kappa shape index (κ2) is 11.8. The number of fused-ring (bicyclic) bond motifs is 1. The van der Waals surface area contributed by atoms with Crippen LogP contribution in [0.5, 0.6) is 5.75 Å². The Bertz CT molecular complexity index is 1540. The number of rotatable bonds is 5. The van der Waals surface area contributed by atoms with E-state index in [9.17, 15) is 9.59 Å². The lowest BCUT2D eigenvalue weighted by Crippen LogP contribution is -2.49. The molecule has 1 fully saturated rings. The largest absolute Gasteiger partial charge is 0.495 e. The Morgan fingerprint density at radius 2 is 1.56 bits per heavy atom. The summed E-state index contributed by atoms with van der Waals surface area (Å²) in [6.45, 7) is 2.58. The summed E-state index contributed by atoms with van der Waals surface area (Å²) in [6, 6.07) is 26.7. The molecule has 1 aliphatic rings. The van der Waals surface area contributed by atoms with Crippen molar-refractivity contribution in [1.29, 1.82) is 0 Å². The smallest absolute Gasteiger partial charge is 0.261 e. The molecule has 1 aliphatic heterocycles. The SMILES string of the molecule is COc1c(C(=O)NC(=S)Nc2ccccc2N2CCN(C(=O)c3ccccc3)CC2)cc2ccccc2c1Br. The van der Waals surface area contributed by atoms with Crippen molar-refractivity contribution in [2.45, 2.75) is 0 Å². The van der Waals surface area contributed by atoms with E-state index in [4.69, 9.17) is 17.0 Å². The molecule has 0 bridgehead atoms. The van der Waals surface area contributed by atoms with Crippen molar-refractivity contribution >= 4 is 67.2 Å². The molecule has 0 radical (unpaired) electrons. The summed E-state index contributed by atoms with van der Waals surface area (Å²) in [7, 11) is 1.53. The molecule has 4 aromatic rings. The molecule has 39 heavy (non-hydrogen) atoms. The van der Waals surface area contributed by atoms with Crippen molar-refractivity contribution in [3.8, 4) is 5.75 Å². The number of ether oxygens (including phenoxy) is 1. The number of para-hydroxylation sites is 2. The van der Waals surface area contributed by atoms with Crippen molar-refractivity contribution in [1.82, 2.24) is 10.2 Å². The molecule has 0 saturated carbocycles. The normalized spacial score (nSPS) is 13.2. The number of nitrogens with zero attached hydrogens (tertiary/aromatic N) is 2. The van der Waals surface area contributed by atoms with Gasteiger partial charge in [0.25, 0.3) is 11.8 Å². The number of thiocarbonyl (C=S) groups is 1. The Balaban J connectivity index is 1.27. The maximum Gasteiger partial charge on any atom is 0.261 e. The summed E-state index contributed by atoms with van der Waals surface area (Å²) in [5, 5.41) is 8.01. The predicted molar refractivity (Wildman–Crippen MR) is 163 cm³/mol. The van der Waals surface area contributed by atoms with Crippen molar-refractivity contribution in [2.75, 3.05) is 43.5 Å². The second-order valence-corrected chi connectivity index (χ2v) is 10.3. The third-order valence-electron chi connectivity index (χ3n) is 6.70. The number of anilines is 2. The van der Waals surface area contributed by atoms with Crippen LogP contribution in [0, 0.1) is 0 Å². The minimum Gasteiger partial charge on any atom is -0.495 e. The summed E-state index contributed by atoms with van der Waals surface area (Å²) in [4.78, 5) is 30.2. The molecule has 0 unspecified atom stereocenters. The Labute approximate surface area is 240 Å². The standard InChI is InChI=1S/C30H27BrN4O3S/c1-38-27-23(19-21-11-5-6-12-22(21)26(27)31)28(36)33-30(39)32-24-13-7-8-14-25(24)34-15-17-35(18-16-34)29(37)20-9-3-2-4-10-20/h2-14,19H,15-18H2,1H3,(H2,32,33,36,39). The van der Waals surface area contributed by atoms with Gasteiger partial charge in [-0.3, -0.25) is 14.9 Å². The molecule has 4 aromatic carbocycles. The fraction of sp³-hybridized carbons (Fsp3) is 0.167. The summed E-state index contributed by atoms with van der Waals surface area (Å²) in [5.74, 6) is 0.111. The maximum absolute atomic E-state index is 13.2. The minimum absolute atomic E-state index is 0.0429. The molecular formula is C30H27BrN4O3S. The highest BCUT2D eigenvalue weighted by Gasteiger charge is 2.24. The number of nitrogens with one attached hydrogen (secondary N) is 2. The summed E-state index contributed by atoms with van der Waals surface area (Å²) < 4.78 is 6.26. The topological polar surface area (TPSA) is 73.9 Å². The number of piperazine rings is 1. The minimum atomic E-state index is -0.374. The molecule has 0 aromatic heterocycles. The molecule has 9 heteroatoms. The van der Waals surface area contributed by atoms with E-state index in [-0.39, 0.29) is 16.9 Å². The van der Waals surface area contributed by atoms with Crippen molar-refractivity contribution < 1.29 is 14.3 Å². The molecule has 0 spiro atoms. The van der Waals surface area contributed by atoms with Crippen LogP contribution in [0.3, 0.4) is 0 Å². The number of methoxy groups -OCH3 is 1. The van der Waals surface area contributed by atoms with E-state index >= 15 is 0 Å². The molecular weight excluding hydrogens is 576 g/mol. The number of carbonyl (C=O) groups is 2. The lowest BCUT2D eigenvalue weighted by Gasteiger charge is -2.37. The van der Waals surface area contributed by atoms with Crippen molar-refractivity contribution in [3.05, 3.63) is 101 Å². The van der Waals surface area contributed by atoms with Crippen molar-refractivity contribution in [3.63, 3.8) is 0 Å². The molecule has 2 amide bonds. The fourth-order valence-corrected chi connectivity index (χ4v) is 5.68. The highest BCUT2D eigenvalue weighted by Crippen LogP contribution is 2.36. The van der Waals surface area contributed by atoms with Gasteiger partial charge in [-0.1, -0.05) is 54.6 Å². The van der Waals surface area contributed by atoms with Crippen LogP contribution < -0.4 is 20.3 Å². The van der Waals surface area contributed by atoms with Crippen LogP contribution in [0.4, 0.5) is 11.4 Å². The van der Waals surface area contributed by atoms with Gasteiger partial charge in [0.1, 0.15) is 5.75 Å². The van der Waals surface area contributed by atoms with E-state index in [1.807, 2.05) is 83.8 Å². The van der Waals surface area contributed by atoms with Gasteiger partial charge >= 0.3 is 0 Å². The lowest BCUT2D eigenvalue weighted by molar-refractivity contribution is 0.0746. The molecule has 0 aliphatic carbocycles. The lowest BCUT2D eigenvalue weighted by atomic mass is 10.1. The van der Waals surface area contributed by atoms with Crippen LogP contribution in [0.25, 0.3) is 10.8 Å². The summed E-state index contributed by atoms with van der Waals surface area (Å²) >= 11 is 9.10. The Hall–Kier alpha value is -3.95. The van der Waals surface area contributed by atoms with Gasteiger partial charge < -0.3 is 19.9 Å². The van der Waals surface area contributed by atoms with Crippen LogP contribution in [0.15, 0.2) is 89.4 Å². The van der Waals surface area contributed by atoms with E-state index in [1.54, 1.807) is 6.07 Å². The highest BCUT2D eigenvalue weighted by molar-refractivity contribution is 9.10. The van der Waals surface area contributed by atoms with E-state index in [0.29, 0.717) is 47.5 Å². The Kier molecular flexibility index (Phi) is 8.09. The van der Waals surface area contributed by atoms with E-state index in [1.165, 1.54) is 7.11 Å². The number of halogens is 1. The van der Waals surface area contributed by atoms with Gasteiger partial charge in [-0.15, -0.1) is 0 Å². The average molecular weight is 604 g/mol. The molecule has 1 heterocycles. The quantitative estimate of drug-likeness (QED) is 0.285. The number of hydrogen-bond acceptors (Lipinski definition) is 5. The number of benzene rings is 4. The third-order valence-corrected chi connectivity index (χ3v) is 7.69. The molecule has 2 N–H and O–H groups in total. The number of amides is 2. The average Bonchev–Trinajstić information content (AvgIpc) is 2.97. The zero-order valence-corrected chi connectivity index (χ0v) is 23.7. The zero-order chi connectivity index (χ0) is 27.4. The number of carbonyl (C=O) groups excluding carboxylic acids is 2. The Morgan fingerprint density at radius 1 is 0.897 bits per heavy atom. The molecule has 0 atom stereocenters. The molecule has 7 nitrogen and oxygen atoms in total.